The molecule has 2 aliphatic heterocycles. The highest BCUT2D eigenvalue weighted by Gasteiger charge is 2.21. The fraction of sp³-hybridized carbons (Fsp3) is 0.478. The Morgan fingerprint density at radius 2 is 1.55 bits per heavy atom. The second-order valence-corrected chi connectivity index (χ2v) is 8.72. The molecule has 2 aliphatic rings. The summed E-state index contributed by atoms with van der Waals surface area (Å²) in [7, 11) is 0. The van der Waals surface area contributed by atoms with Gasteiger partial charge in [0.1, 0.15) is 25.0 Å². The van der Waals surface area contributed by atoms with E-state index in [0.717, 1.165) is 68.4 Å². The van der Waals surface area contributed by atoms with E-state index < -0.39 is 0 Å². The molecule has 0 fully saturated rings. The lowest BCUT2D eigenvalue weighted by Crippen LogP contribution is -2.33. The molecule has 2 aromatic rings. The number of hydrogen-bond acceptors (Lipinski definition) is 6. The van der Waals surface area contributed by atoms with Crippen molar-refractivity contribution >= 4 is 25.3 Å². The van der Waals surface area contributed by atoms with Crippen LogP contribution in [0.1, 0.15) is 35.1 Å². The molecular weight excluding hydrogens is 400 g/mol. The van der Waals surface area contributed by atoms with Gasteiger partial charge in [-0.05, 0) is 41.5 Å². The third kappa shape index (κ3) is 5.23. The van der Waals surface area contributed by atoms with Crippen molar-refractivity contribution < 1.29 is 9.47 Å². The van der Waals surface area contributed by atoms with E-state index in [1.165, 1.54) is 22.3 Å². The van der Waals surface area contributed by atoms with E-state index in [-0.39, 0.29) is 0 Å². The largest absolute Gasteiger partial charge is 0.478 e. The smallest absolute Gasteiger partial charge is 0.142 e. The molecule has 0 aromatic heterocycles. The highest BCUT2D eigenvalue weighted by Crippen LogP contribution is 2.32. The van der Waals surface area contributed by atoms with Crippen LogP contribution in [-0.4, -0.2) is 47.9 Å². The topological polar surface area (TPSA) is 24.9 Å². The average Bonchev–Trinajstić information content (AvgIpc) is 2.76. The Kier molecular flexibility index (Phi) is 7.29. The maximum Gasteiger partial charge on any atom is 0.142 e. The van der Waals surface area contributed by atoms with Crippen molar-refractivity contribution in [2.45, 2.75) is 32.4 Å². The molecule has 2 heterocycles. The highest BCUT2D eigenvalue weighted by atomic mass is 32.1. The molecule has 0 saturated carbocycles. The minimum atomic E-state index is 0.663. The van der Waals surface area contributed by atoms with E-state index in [0.29, 0.717) is 13.5 Å². The first-order valence-electron chi connectivity index (χ1n) is 10.4. The number of para-hydroxylation sites is 1. The van der Waals surface area contributed by atoms with Gasteiger partial charge in [-0.25, -0.2) is 0 Å². The lowest BCUT2D eigenvalue weighted by molar-refractivity contribution is 0.0948. The second kappa shape index (κ2) is 10.1. The fourth-order valence-electron chi connectivity index (χ4n) is 4.08. The van der Waals surface area contributed by atoms with Crippen LogP contribution in [0.25, 0.3) is 0 Å². The molecule has 0 radical (unpaired) electrons. The van der Waals surface area contributed by atoms with E-state index in [9.17, 15) is 0 Å². The summed E-state index contributed by atoms with van der Waals surface area (Å²) in [6.07, 6.45) is 3.05. The summed E-state index contributed by atoms with van der Waals surface area (Å²) in [5, 5.41) is 0. The first kappa shape index (κ1) is 20.9. The molecule has 0 bridgehead atoms. The van der Waals surface area contributed by atoms with E-state index in [2.05, 4.69) is 71.5 Å². The van der Waals surface area contributed by atoms with Crippen molar-refractivity contribution in [3.8, 4) is 11.5 Å². The average molecular weight is 431 g/mol. The van der Waals surface area contributed by atoms with E-state index in [1.807, 2.05) is 0 Å². The summed E-state index contributed by atoms with van der Waals surface area (Å²) in [5.41, 5.74) is 5.13. The summed E-state index contributed by atoms with van der Waals surface area (Å²) < 4.78 is 12.1. The normalized spacial score (nSPS) is 16.6. The zero-order valence-electron chi connectivity index (χ0n) is 16.8. The zero-order valence-corrected chi connectivity index (χ0v) is 18.6. The van der Waals surface area contributed by atoms with Gasteiger partial charge in [-0.15, -0.1) is 0 Å². The molecule has 4 nitrogen and oxygen atoms in total. The van der Waals surface area contributed by atoms with Crippen LogP contribution in [0, 0.1) is 0 Å². The number of hydrogen-bond donors (Lipinski definition) is 2. The van der Waals surface area contributed by atoms with Gasteiger partial charge < -0.3 is 9.47 Å². The first-order chi connectivity index (χ1) is 14.3. The van der Waals surface area contributed by atoms with Gasteiger partial charge in [-0.1, -0.05) is 30.3 Å². The third-order valence-electron chi connectivity index (χ3n) is 5.54. The van der Waals surface area contributed by atoms with Gasteiger partial charge in [0.05, 0.1) is 0 Å². The molecular formula is C23H30N2O2S2. The number of ether oxygens (including phenoxy) is 2. The SMILES string of the molecule is SCCCN1COc2ccc(Cc3cccc4c3OCN(CCCS)C4)cc2C1. The number of benzene rings is 2. The molecule has 0 saturated heterocycles. The summed E-state index contributed by atoms with van der Waals surface area (Å²) in [6, 6.07) is 13.1. The Balaban J connectivity index is 1.47. The maximum atomic E-state index is 6.17. The van der Waals surface area contributed by atoms with Crippen LogP contribution in [0.3, 0.4) is 0 Å². The van der Waals surface area contributed by atoms with Crippen LogP contribution in [0.15, 0.2) is 36.4 Å². The van der Waals surface area contributed by atoms with Gasteiger partial charge in [0, 0.05) is 43.7 Å². The molecule has 0 unspecified atom stereocenters. The fourth-order valence-corrected chi connectivity index (χ4v) is 4.36. The van der Waals surface area contributed by atoms with Crippen LogP contribution in [-0.2, 0) is 19.5 Å². The molecule has 0 amide bonds. The quantitative estimate of drug-likeness (QED) is 0.613. The lowest BCUT2D eigenvalue weighted by Gasteiger charge is -2.30. The third-order valence-corrected chi connectivity index (χ3v) is 6.18. The maximum absolute atomic E-state index is 6.17. The van der Waals surface area contributed by atoms with E-state index in [4.69, 9.17) is 9.47 Å². The Hall–Kier alpha value is -1.34. The van der Waals surface area contributed by atoms with Crippen LogP contribution in [0.5, 0.6) is 11.5 Å². The number of rotatable bonds is 8. The molecule has 0 atom stereocenters. The van der Waals surface area contributed by atoms with Crippen molar-refractivity contribution in [3.63, 3.8) is 0 Å². The Labute approximate surface area is 185 Å². The van der Waals surface area contributed by atoms with E-state index in [1.54, 1.807) is 0 Å². The summed E-state index contributed by atoms with van der Waals surface area (Å²) in [4.78, 5) is 4.69. The van der Waals surface area contributed by atoms with Gasteiger partial charge >= 0.3 is 0 Å². The first-order valence-corrected chi connectivity index (χ1v) is 11.7. The number of nitrogens with zero attached hydrogens (tertiary/aromatic N) is 2. The van der Waals surface area contributed by atoms with Gasteiger partial charge in [0.2, 0.25) is 0 Å². The molecule has 0 spiro atoms. The second-order valence-electron chi connectivity index (χ2n) is 7.83. The minimum Gasteiger partial charge on any atom is -0.478 e. The van der Waals surface area contributed by atoms with Gasteiger partial charge in [-0.3, -0.25) is 9.80 Å². The number of thiol groups is 2. The van der Waals surface area contributed by atoms with Crippen molar-refractivity contribution in [2.75, 3.05) is 38.1 Å². The van der Waals surface area contributed by atoms with Crippen LogP contribution >= 0.6 is 25.3 Å². The highest BCUT2D eigenvalue weighted by molar-refractivity contribution is 7.80. The predicted molar refractivity (Wildman–Crippen MR) is 124 cm³/mol. The van der Waals surface area contributed by atoms with Crippen molar-refractivity contribution in [3.05, 3.63) is 58.7 Å². The van der Waals surface area contributed by atoms with Crippen molar-refractivity contribution in [1.82, 2.24) is 9.80 Å². The van der Waals surface area contributed by atoms with Crippen LogP contribution in [0.4, 0.5) is 0 Å². The zero-order chi connectivity index (χ0) is 20.1. The number of fused-ring (bicyclic) bond motifs is 2. The molecule has 2 aromatic carbocycles. The Bertz CT molecular complexity index is 831. The monoisotopic (exact) mass is 430 g/mol. The summed E-state index contributed by atoms with van der Waals surface area (Å²) in [6.45, 7) is 5.29. The van der Waals surface area contributed by atoms with Crippen molar-refractivity contribution in [2.24, 2.45) is 0 Å². The Morgan fingerprint density at radius 1 is 0.828 bits per heavy atom. The Morgan fingerprint density at radius 3 is 2.31 bits per heavy atom. The molecule has 0 N–H and O–H groups in total. The van der Waals surface area contributed by atoms with Gasteiger partial charge in [0.15, 0.2) is 0 Å². The molecule has 0 aliphatic carbocycles. The molecule has 156 valence electrons. The minimum absolute atomic E-state index is 0.663. The molecule has 29 heavy (non-hydrogen) atoms. The van der Waals surface area contributed by atoms with E-state index >= 15 is 0 Å². The van der Waals surface area contributed by atoms with Gasteiger partial charge in [-0.2, -0.15) is 25.3 Å². The van der Waals surface area contributed by atoms with Crippen LogP contribution in [0.2, 0.25) is 0 Å². The predicted octanol–water partition coefficient (Wildman–Crippen LogP) is 4.22. The lowest BCUT2D eigenvalue weighted by atomic mass is 9.98. The summed E-state index contributed by atoms with van der Waals surface area (Å²) >= 11 is 8.65. The van der Waals surface area contributed by atoms with Crippen LogP contribution < -0.4 is 9.47 Å². The van der Waals surface area contributed by atoms with Gasteiger partial charge in [0.25, 0.3) is 0 Å². The molecule has 4 rings (SSSR count). The molecule has 6 heteroatoms. The van der Waals surface area contributed by atoms with Crippen molar-refractivity contribution in [1.29, 1.82) is 0 Å². The standard InChI is InChI=1S/C23H30N2O2S2/c28-10-2-8-24-14-20-5-1-4-19(23(20)27-17-24)12-18-6-7-22-21(13-18)15-25(16-26-22)9-3-11-29/h1,4-7,13,28-29H,2-3,8-12,14-17H2. The summed E-state index contributed by atoms with van der Waals surface area (Å²) in [5.74, 6) is 3.91.